The van der Waals surface area contributed by atoms with Crippen LogP contribution in [-0.4, -0.2) is 20.2 Å². The van der Waals surface area contributed by atoms with E-state index in [-0.39, 0.29) is 17.2 Å². The number of nitrogens with one attached hydrogen (secondary N) is 3. The SMILES string of the molecule is Cc1ccc(NC(=O)[C@H](NS(=O)(=O)c2ccc3c(c2)CCC(=O)N3)c2ccccc2)cc1Cl. The van der Waals surface area contributed by atoms with E-state index in [1.165, 1.54) is 12.1 Å². The molecular formula is C24H22ClN3O4S. The van der Waals surface area contributed by atoms with Gasteiger partial charge in [0.25, 0.3) is 0 Å². The van der Waals surface area contributed by atoms with Crippen molar-refractivity contribution in [2.24, 2.45) is 0 Å². The van der Waals surface area contributed by atoms with Crippen LogP contribution in [0.3, 0.4) is 0 Å². The molecule has 0 spiro atoms. The first-order valence-corrected chi connectivity index (χ1v) is 12.2. The van der Waals surface area contributed by atoms with Crippen molar-refractivity contribution < 1.29 is 18.0 Å². The number of anilines is 2. The number of amides is 2. The molecule has 0 aromatic heterocycles. The predicted octanol–water partition coefficient (Wildman–Crippen LogP) is 4.19. The molecule has 0 radical (unpaired) electrons. The zero-order valence-corrected chi connectivity index (χ0v) is 19.3. The topological polar surface area (TPSA) is 104 Å². The van der Waals surface area contributed by atoms with Gasteiger partial charge in [-0.25, -0.2) is 8.42 Å². The van der Waals surface area contributed by atoms with Crippen molar-refractivity contribution in [1.29, 1.82) is 0 Å². The van der Waals surface area contributed by atoms with E-state index in [0.717, 1.165) is 11.1 Å². The summed E-state index contributed by atoms with van der Waals surface area (Å²) in [6.07, 6.45) is 0.736. The minimum Gasteiger partial charge on any atom is -0.326 e. The third-order valence-corrected chi connectivity index (χ3v) is 7.22. The minimum absolute atomic E-state index is 0.0181. The van der Waals surface area contributed by atoms with E-state index in [1.54, 1.807) is 54.6 Å². The number of fused-ring (bicyclic) bond motifs is 1. The lowest BCUT2D eigenvalue weighted by molar-refractivity contribution is -0.118. The molecular weight excluding hydrogens is 462 g/mol. The fourth-order valence-corrected chi connectivity index (χ4v) is 4.97. The molecule has 4 rings (SSSR count). The largest absolute Gasteiger partial charge is 0.326 e. The Morgan fingerprint density at radius 3 is 2.52 bits per heavy atom. The van der Waals surface area contributed by atoms with Crippen molar-refractivity contribution in [3.63, 3.8) is 0 Å². The normalized spacial score (nSPS) is 14.2. The van der Waals surface area contributed by atoms with Gasteiger partial charge in [-0.3, -0.25) is 9.59 Å². The molecule has 0 bridgehead atoms. The van der Waals surface area contributed by atoms with E-state index in [1.807, 2.05) is 6.92 Å². The van der Waals surface area contributed by atoms with Crippen molar-refractivity contribution in [2.45, 2.75) is 30.7 Å². The monoisotopic (exact) mass is 483 g/mol. The number of sulfonamides is 1. The van der Waals surface area contributed by atoms with E-state index in [4.69, 9.17) is 11.6 Å². The van der Waals surface area contributed by atoms with Crippen molar-refractivity contribution in [1.82, 2.24) is 4.72 Å². The van der Waals surface area contributed by atoms with Gasteiger partial charge in [0.15, 0.2) is 0 Å². The predicted molar refractivity (Wildman–Crippen MR) is 128 cm³/mol. The zero-order valence-electron chi connectivity index (χ0n) is 17.8. The lowest BCUT2D eigenvalue weighted by Gasteiger charge is -2.21. The zero-order chi connectivity index (χ0) is 23.6. The molecule has 2 amide bonds. The number of halogens is 1. The van der Waals surface area contributed by atoms with Crippen molar-refractivity contribution in [3.8, 4) is 0 Å². The Morgan fingerprint density at radius 2 is 1.79 bits per heavy atom. The van der Waals surface area contributed by atoms with E-state index in [0.29, 0.717) is 28.4 Å². The molecule has 9 heteroatoms. The Bertz CT molecular complexity index is 1330. The van der Waals surface area contributed by atoms with E-state index < -0.39 is 22.0 Å². The van der Waals surface area contributed by atoms with Crippen LogP contribution in [0.2, 0.25) is 5.02 Å². The standard InChI is InChI=1S/C24H22ClN3O4S/c1-15-7-9-18(14-20(15)25)26-24(30)23(16-5-3-2-4-6-16)28-33(31,32)19-10-11-21-17(13-19)8-12-22(29)27-21/h2-7,9-11,13-14,23,28H,8,12H2,1H3,(H,26,30)(H,27,29)/t23-/m1/s1. The molecule has 0 fully saturated rings. The second kappa shape index (κ2) is 9.35. The van der Waals surface area contributed by atoms with Gasteiger partial charge in [-0.1, -0.05) is 48.0 Å². The minimum atomic E-state index is -4.06. The molecule has 1 aliphatic heterocycles. The first-order chi connectivity index (χ1) is 15.7. The van der Waals surface area contributed by atoms with Gasteiger partial charge in [0, 0.05) is 22.8 Å². The quantitative estimate of drug-likeness (QED) is 0.489. The Morgan fingerprint density at radius 1 is 1.03 bits per heavy atom. The molecule has 170 valence electrons. The summed E-state index contributed by atoms with van der Waals surface area (Å²) in [4.78, 5) is 24.8. The molecule has 3 N–H and O–H groups in total. The van der Waals surface area contributed by atoms with Crippen LogP contribution in [0, 0.1) is 6.92 Å². The van der Waals surface area contributed by atoms with Gasteiger partial charge in [-0.05, 0) is 60.4 Å². The highest BCUT2D eigenvalue weighted by molar-refractivity contribution is 7.89. The number of carbonyl (C=O) groups excluding carboxylic acids is 2. The number of rotatable bonds is 6. The summed E-state index contributed by atoms with van der Waals surface area (Å²) >= 11 is 6.16. The van der Waals surface area contributed by atoms with Gasteiger partial charge in [-0.2, -0.15) is 4.72 Å². The second-order valence-electron chi connectivity index (χ2n) is 7.79. The van der Waals surface area contributed by atoms with Crippen molar-refractivity contribution >= 4 is 44.8 Å². The van der Waals surface area contributed by atoms with Crippen LogP contribution in [0.5, 0.6) is 0 Å². The summed E-state index contributed by atoms with van der Waals surface area (Å²) in [5.74, 6) is -0.650. The molecule has 1 heterocycles. The van der Waals surface area contributed by atoms with Gasteiger partial charge in [0.2, 0.25) is 21.8 Å². The van der Waals surface area contributed by atoms with Crippen LogP contribution >= 0.6 is 11.6 Å². The third-order valence-electron chi connectivity index (χ3n) is 5.39. The van der Waals surface area contributed by atoms with E-state index in [9.17, 15) is 18.0 Å². The highest BCUT2D eigenvalue weighted by Gasteiger charge is 2.28. The van der Waals surface area contributed by atoms with Crippen LogP contribution in [-0.2, 0) is 26.0 Å². The van der Waals surface area contributed by atoms with Gasteiger partial charge in [-0.15, -0.1) is 0 Å². The van der Waals surface area contributed by atoms with Gasteiger partial charge < -0.3 is 10.6 Å². The molecule has 0 saturated carbocycles. The Kier molecular flexibility index (Phi) is 6.51. The number of hydrogen-bond acceptors (Lipinski definition) is 4. The lowest BCUT2D eigenvalue weighted by atomic mass is 10.0. The fraction of sp³-hybridized carbons (Fsp3) is 0.167. The Hall–Kier alpha value is -3.20. The molecule has 1 aliphatic rings. The molecule has 1 atom stereocenters. The smallest absolute Gasteiger partial charge is 0.247 e. The van der Waals surface area contributed by atoms with Gasteiger partial charge in [0.05, 0.1) is 4.90 Å². The molecule has 3 aromatic rings. The number of hydrogen-bond donors (Lipinski definition) is 3. The molecule has 7 nitrogen and oxygen atoms in total. The maximum atomic E-state index is 13.2. The molecule has 0 aliphatic carbocycles. The van der Waals surface area contributed by atoms with Crippen LogP contribution in [0.15, 0.2) is 71.6 Å². The maximum Gasteiger partial charge on any atom is 0.247 e. The molecule has 0 saturated heterocycles. The summed E-state index contributed by atoms with van der Waals surface area (Å²) in [7, 11) is -4.06. The number of benzene rings is 3. The summed E-state index contributed by atoms with van der Waals surface area (Å²) < 4.78 is 29.0. The second-order valence-corrected chi connectivity index (χ2v) is 9.91. The van der Waals surface area contributed by atoms with Crippen LogP contribution in [0.1, 0.15) is 29.2 Å². The first-order valence-electron chi connectivity index (χ1n) is 10.3. The van der Waals surface area contributed by atoms with Crippen LogP contribution < -0.4 is 15.4 Å². The highest BCUT2D eigenvalue weighted by atomic mass is 35.5. The summed E-state index contributed by atoms with van der Waals surface area (Å²) in [6, 6.07) is 17.0. The first kappa shape index (κ1) is 23.0. The number of carbonyl (C=O) groups is 2. The average Bonchev–Trinajstić information content (AvgIpc) is 2.80. The third kappa shape index (κ3) is 5.24. The van der Waals surface area contributed by atoms with Gasteiger partial charge in [0.1, 0.15) is 6.04 Å². The fourth-order valence-electron chi connectivity index (χ4n) is 3.55. The van der Waals surface area contributed by atoms with Crippen molar-refractivity contribution in [3.05, 3.63) is 88.4 Å². The van der Waals surface area contributed by atoms with E-state index in [2.05, 4.69) is 15.4 Å². The Balaban J connectivity index is 1.63. The molecule has 3 aromatic carbocycles. The molecule has 33 heavy (non-hydrogen) atoms. The van der Waals surface area contributed by atoms with E-state index >= 15 is 0 Å². The Labute approximate surface area is 197 Å². The van der Waals surface area contributed by atoms with Crippen LogP contribution in [0.25, 0.3) is 0 Å². The highest BCUT2D eigenvalue weighted by Crippen LogP contribution is 2.27. The lowest BCUT2D eigenvalue weighted by Crippen LogP contribution is -2.37. The number of aryl methyl sites for hydroxylation is 2. The molecule has 0 unspecified atom stereocenters. The van der Waals surface area contributed by atoms with Crippen molar-refractivity contribution in [2.75, 3.05) is 10.6 Å². The summed E-state index contributed by atoms with van der Waals surface area (Å²) in [5, 5.41) is 5.96. The maximum absolute atomic E-state index is 13.2. The summed E-state index contributed by atoms with van der Waals surface area (Å²) in [5.41, 5.74) is 3.13. The van der Waals surface area contributed by atoms with Gasteiger partial charge >= 0.3 is 0 Å². The van der Waals surface area contributed by atoms with Crippen LogP contribution in [0.4, 0.5) is 11.4 Å². The average molecular weight is 484 g/mol. The summed E-state index contributed by atoms with van der Waals surface area (Å²) in [6.45, 7) is 1.85.